The Bertz CT molecular complexity index is 747. The summed E-state index contributed by atoms with van der Waals surface area (Å²) in [5.74, 6) is 2.58. The van der Waals surface area contributed by atoms with E-state index in [0.29, 0.717) is 0 Å². The second-order valence-electron chi connectivity index (χ2n) is 7.94. The third-order valence-corrected chi connectivity index (χ3v) is 9.91. The molecule has 0 N–H and O–H groups in total. The topological polar surface area (TPSA) is 31.0 Å². The molecular weight excluding hydrogens is 443 g/mol. The lowest BCUT2D eigenvalue weighted by Crippen LogP contribution is -2.43. The fraction of sp³-hybridized carbons (Fsp3) is 0.400. The fourth-order valence-electron chi connectivity index (χ4n) is 2.24. The van der Waals surface area contributed by atoms with E-state index in [4.69, 9.17) is 13.9 Å². The van der Waals surface area contributed by atoms with E-state index in [1.54, 1.807) is 0 Å². The number of halogens is 1. The first-order valence-corrected chi connectivity index (χ1v) is 12.5. The molecule has 3 rings (SSSR count). The van der Waals surface area contributed by atoms with Crippen LogP contribution in [0.4, 0.5) is 0 Å². The highest BCUT2D eigenvalue weighted by Crippen LogP contribution is 2.40. The minimum absolute atomic E-state index is 0.172. The fourth-order valence-corrected chi connectivity index (χ4v) is 3.79. The molecule has 2 aromatic rings. The molecule has 1 fully saturated rings. The smallest absolute Gasteiger partial charge is 0.250 e. The van der Waals surface area contributed by atoms with Crippen molar-refractivity contribution in [3.05, 3.63) is 51.6 Å². The second kappa shape index (κ2) is 6.93. The van der Waals surface area contributed by atoms with Crippen LogP contribution in [0, 0.1) is 3.57 Å². The van der Waals surface area contributed by atoms with E-state index in [-0.39, 0.29) is 11.1 Å². The molecule has 3 nitrogen and oxygen atoms in total. The molecule has 5 heteroatoms. The van der Waals surface area contributed by atoms with Gasteiger partial charge in [-0.3, -0.25) is 0 Å². The van der Waals surface area contributed by atoms with E-state index in [1.165, 1.54) is 3.57 Å². The van der Waals surface area contributed by atoms with Gasteiger partial charge in [-0.25, -0.2) is 0 Å². The molecule has 0 radical (unpaired) electrons. The van der Waals surface area contributed by atoms with E-state index in [9.17, 15) is 0 Å². The van der Waals surface area contributed by atoms with Crippen LogP contribution in [0.5, 0.6) is 17.2 Å². The maximum absolute atomic E-state index is 6.32. The zero-order valence-corrected chi connectivity index (χ0v) is 18.6. The average Bonchev–Trinajstić information content (AvgIpc) is 3.34. The van der Waals surface area contributed by atoms with Crippen LogP contribution in [0.3, 0.4) is 0 Å². The number of hydrogen-bond donors (Lipinski definition) is 0. The standard InChI is InChI=1S/C20H25IO3Si/c1-20(2,3)25(4,5)24-16-9-7-15(8-10-16)23-18-11-6-14(21)12-17(18)19-13-22-19/h6-12,19H,13H2,1-5H3/t19-/m0/s1. The molecule has 0 aromatic heterocycles. The molecule has 25 heavy (non-hydrogen) atoms. The third-order valence-electron chi connectivity index (χ3n) is 4.88. The van der Waals surface area contributed by atoms with Crippen molar-refractivity contribution in [3.63, 3.8) is 0 Å². The van der Waals surface area contributed by atoms with Crippen LogP contribution in [-0.4, -0.2) is 14.9 Å². The Labute approximate surface area is 165 Å². The van der Waals surface area contributed by atoms with Gasteiger partial charge in [-0.15, -0.1) is 0 Å². The largest absolute Gasteiger partial charge is 0.543 e. The summed E-state index contributed by atoms with van der Waals surface area (Å²) >= 11 is 2.31. The van der Waals surface area contributed by atoms with Gasteiger partial charge in [0, 0.05) is 9.13 Å². The van der Waals surface area contributed by atoms with Gasteiger partial charge < -0.3 is 13.9 Å². The molecule has 1 saturated heterocycles. The van der Waals surface area contributed by atoms with Crippen molar-refractivity contribution in [1.82, 2.24) is 0 Å². The van der Waals surface area contributed by atoms with E-state index < -0.39 is 8.32 Å². The highest BCUT2D eigenvalue weighted by atomic mass is 127. The van der Waals surface area contributed by atoms with Crippen molar-refractivity contribution < 1.29 is 13.9 Å². The number of epoxide rings is 1. The molecule has 1 atom stereocenters. The van der Waals surface area contributed by atoms with E-state index in [0.717, 1.165) is 29.4 Å². The summed E-state index contributed by atoms with van der Waals surface area (Å²) in [5, 5.41) is 0.183. The third kappa shape index (κ3) is 4.57. The van der Waals surface area contributed by atoms with Gasteiger partial charge in [0.25, 0.3) is 0 Å². The zero-order valence-electron chi connectivity index (χ0n) is 15.4. The van der Waals surface area contributed by atoms with Crippen molar-refractivity contribution in [3.8, 4) is 17.2 Å². The van der Waals surface area contributed by atoms with Crippen LogP contribution in [0.1, 0.15) is 32.4 Å². The predicted molar refractivity (Wildman–Crippen MR) is 112 cm³/mol. The maximum Gasteiger partial charge on any atom is 0.250 e. The average molecular weight is 468 g/mol. The van der Waals surface area contributed by atoms with Crippen LogP contribution in [0.2, 0.25) is 18.1 Å². The molecule has 0 bridgehead atoms. The van der Waals surface area contributed by atoms with Gasteiger partial charge in [0.1, 0.15) is 23.4 Å². The Kier molecular flexibility index (Phi) is 5.19. The molecule has 0 amide bonds. The summed E-state index contributed by atoms with van der Waals surface area (Å²) in [4.78, 5) is 0. The molecule has 0 aliphatic carbocycles. The Hall–Kier alpha value is -1.05. The van der Waals surface area contributed by atoms with Gasteiger partial charge in [0.15, 0.2) is 0 Å². The summed E-state index contributed by atoms with van der Waals surface area (Å²) < 4.78 is 19.0. The lowest BCUT2D eigenvalue weighted by molar-refractivity contribution is 0.403. The summed E-state index contributed by atoms with van der Waals surface area (Å²) in [6.07, 6.45) is 0.172. The highest BCUT2D eigenvalue weighted by molar-refractivity contribution is 14.1. The molecule has 134 valence electrons. The van der Waals surface area contributed by atoms with Crippen molar-refractivity contribution in [2.75, 3.05) is 6.61 Å². The summed E-state index contributed by atoms with van der Waals surface area (Å²) in [5.41, 5.74) is 1.12. The van der Waals surface area contributed by atoms with Crippen molar-refractivity contribution in [2.24, 2.45) is 0 Å². The highest BCUT2D eigenvalue weighted by Gasteiger charge is 2.38. The van der Waals surface area contributed by atoms with Crippen LogP contribution in [-0.2, 0) is 4.74 Å². The molecule has 1 aliphatic rings. The van der Waals surface area contributed by atoms with Gasteiger partial charge in [-0.1, -0.05) is 20.8 Å². The van der Waals surface area contributed by atoms with Crippen LogP contribution >= 0.6 is 22.6 Å². The lowest BCUT2D eigenvalue weighted by atomic mass is 10.1. The molecule has 1 heterocycles. The van der Waals surface area contributed by atoms with Crippen molar-refractivity contribution >= 4 is 30.9 Å². The van der Waals surface area contributed by atoms with Gasteiger partial charge in [0.2, 0.25) is 8.32 Å². The van der Waals surface area contributed by atoms with Gasteiger partial charge in [-0.2, -0.15) is 0 Å². The van der Waals surface area contributed by atoms with E-state index >= 15 is 0 Å². The normalized spacial score (nSPS) is 17.3. The summed E-state index contributed by atoms with van der Waals surface area (Å²) in [6.45, 7) is 12.0. The van der Waals surface area contributed by atoms with Gasteiger partial charge in [0.05, 0.1) is 6.61 Å². The van der Waals surface area contributed by atoms with Crippen molar-refractivity contribution in [1.29, 1.82) is 0 Å². The molecule has 1 aliphatic heterocycles. The molecular formula is C20H25IO3Si. The Morgan fingerprint density at radius 3 is 2.20 bits per heavy atom. The number of ether oxygens (including phenoxy) is 2. The molecule has 0 unspecified atom stereocenters. The van der Waals surface area contributed by atoms with E-state index in [1.807, 2.05) is 30.3 Å². The lowest BCUT2D eigenvalue weighted by Gasteiger charge is -2.36. The maximum atomic E-state index is 6.32. The zero-order chi connectivity index (χ0) is 18.2. The van der Waals surface area contributed by atoms with Crippen LogP contribution in [0.15, 0.2) is 42.5 Å². The second-order valence-corrected chi connectivity index (χ2v) is 13.9. The van der Waals surface area contributed by atoms with Crippen molar-refractivity contribution in [2.45, 2.75) is 45.0 Å². The van der Waals surface area contributed by atoms with Crippen LogP contribution in [0.25, 0.3) is 0 Å². The number of hydrogen-bond acceptors (Lipinski definition) is 3. The van der Waals surface area contributed by atoms with E-state index in [2.05, 4.69) is 68.6 Å². The minimum Gasteiger partial charge on any atom is -0.543 e. The molecule has 0 saturated carbocycles. The quantitative estimate of drug-likeness (QED) is 0.284. The minimum atomic E-state index is -1.82. The summed E-state index contributed by atoms with van der Waals surface area (Å²) in [7, 11) is -1.82. The predicted octanol–water partition coefficient (Wildman–Crippen LogP) is 6.54. The molecule has 0 spiro atoms. The SMILES string of the molecule is CC(C)(C)[Si](C)(C)Oc1ccc(Oc2ccc(I)cc2[C@@H]2CO2)cc1. The number of benzene rings is 2. The first kappa shape index (κ1) is 18.7. The first-order chi connectivity index (χ1) is 11.7. The Morgan fingerprint density at radius 1 is 1.04 bits per heavy atom. The monoisotopic (exact) mass is 468 g/mol. The Morgan fingerprint density at radius 2 is 1.64 bits per heavy atom. The van der Waals surface area contributed by atoms with Gasteiger partial charge in [-0.05, 0) is 83.2 Å². The van der Waals surface area contributed by atoms with Crippen LogP contribution < -0.4 is 9.16 Å². The number of rotatable bonds is 5. The Balaban J connectivity index is 1.74. The summed E-state index contributed by atoms with van der Waals surface area (Å²) in [6, 6.07) is 14.1. The first-order valence-electron chi connectivity index (χ1n) is 8.54. The van der Waals surface area contributed by atoms with Gasteiger partial charge >= 0.3 is 0 Å². The molecule has 2 aromatic carbocycles.